The van der Waals surface area contributed by atoms with E-state index in [0.29, 0.717) is 5.69 Å². The smallest absolute Gasteiger partial charge is 0.328 e. The Morgan fingerprint density at radius 3 is 2.52 bits per heavy atom. The average molecular weight is 371 g/mol. The first-order chi connectivity index (χ1) is 13.0. The van der Waals surface area contributed by atoms with Crippen molar-refractivity contribution < 1.29 is 4.79 Å². The van der Waals surface area contributed by atoms with E-state index in [-0.39, 0.29) is 12.5 Å². The number of benzene rings is 1. The normalized spacial score (nSPS) is 15.0. The molecule has 1 amide bonds. The number of piperazine rings is 1. The predicted octanol–water partition coefficient (Wildman–Crippen LogP) is 0.626. The van der Waals surface area contributed by atoms with Crippen molar-refractivity contribution in [3.05, 3.63) is 56.9 Å². The highest BCUT2D eigenvalue weighted by Crippen LogP contribution is 2.23. The standard InChI is InChI=1S/C19H25N5O3/c1-3-22-8-10-23(11-9-22)15-4-5-16(14(2)12-15)20-18(26)13-24-7-6-17(25)21-19(24)27/h4-7,12H,3,8-11,13H2,1-2H3,(H,20,26)(H,21,25,27). The van der Waals surface area contributed by atoms with E-state index in [0.717, 1.165) is 48.5 Å². The highest BCUT2D eigenvalue weighted by atomic mass is 16.2. The summed E-state index contributed by atoms with van der Waals surface area (Å²) in [6, 6.07) is 7.19. The van der Waals surface area contributed by atoms with Crippen LogP contribution in [0.1, 0.15) is 12.5 Å². The van der Waals surface area contributed by atoms with E-state index in [1.807, 2.05) is 19.1 Å². The largest absolute Gasteiger partial charge is 0.369 e. The van der Waals surface area contributed by atoms with Gasteiger partial charge in [0, 0.05) is 49.8 Å². The van der Waals surface area contributed by atoms with Crippen LogP contribution in [0, 0.1) is 6.92 Å². The summed E-state index contributed by atoms with van der Waals surface area (Å²) in [6.45, 7) is 9.16. The number of aromatic nitrogens is 2. The number of rotatable bonds is 5. The minimum Gasteiger partial charge on any atom is -0.369 e. The van der Waals surface area contributed by atoms with Gasteiger partial charge in [0.1, 0.15) is 6.54 Å². The average Bonchev–Trinajstić information content (AvgIpc) is 2.66. The number of nitrogens with one attached hydrogen (secondary N) is 2. The molecule has 1 aliphatic heterocycles. The van der Waals surface area contributed by atoms with Crippen LogP contribution < -0.4 is 21.5 Å². The molecule has 2 N–H and O–H groups in total. The zero-order valence-corrected chi connectivity index (χ0v) is 15.7. The summed E-state index contributed by atoms with van der Waals surface area (Å²) in [5, 5.41) is 2.83. The molecule has 0 saturated carbocycles. The molecule has 0 atom stereocenters. The highest BCUT2D eigenvalue weighted by molar-refractivity contribution is 5.91. The molecule has 0 bridgehead atoms. The van der Waals surface area contributed by atoms with E-state index >= 15 is 0 Å². The molecular weight excluding hydrogens is 346 g/mol. The van der Waals surface area contributed by atoms with Crippen molar-refractivity contribution in [2.24, 2.45) is 0 Å². The molecule has 1 saturated heterocycles. The van der Waals surface area contributed by atoms with E-state index < -0.39 is 11.2 Å². The lowest BCUT2D eigenvalue weighted by Gasteiger charge is -2.35. The minimum absolute atomic E-state index is 0.157. The second kappa shape index (κ2) is 8.22. The van der Waals surface area contributed by atoms with Crippen molar-refractivity contribution >= 4 is 17.3 Å². The Morgan fingerprint density at radius 1 is 1.15 bits per heavy atom. The van der Waals surface area contributed by atoms with Crippen LogP contribution in [0.2, 0.25) is 0 Å². The molecule has 27 heavy (non-hydrogen) atoms. The number of anilines is 2. The molecule has 1 aromatic carbocycles. The predicted molar refractivity (Wildman–Crippen MR) is 105 cm³/mol. The fourth-order valence-electron chi connectivity index (χ4n) is 3.22. The number of carbonyl (C=O) groups is 1. The molecule has 8 nitrogen and oxygen atoms in total. The van der Waals surface area contributed by atoms with Gasteiger partial charge in [-0.15, -0.1) is 0 Å². The lowest BCUT2D eigenvalue weighted by molar-refractivity contribution is -0.116. The molecule has 0 spiro atoms. The second-order valence-corrected chi connectivity index (χ2v) is 6.71. The number of nitrogens with zero attached hydrogens (tertiary/aromatic N) is 3. The van der Waals surface area contributed by atoms with Gasteiger partial charge in [0.05, 0.1) is 0 Å². The van der Waals surface area contributed by atoms with Crippen LogP contribution in [0.15, 0.2) is 40.1 Å². The number of aromatic amines is 1. The quantitative estimate of drug-likeness (QED) is 0.804. The molecule has 3 rings (SSSR count). The Hall–Kier alpha value is -2.87. The van der Waals surface area contributed by atoms with E-state index in [1.54, 1.807) is 0 Å². The fourth-order valence-corrected chi connectivity index (χ4v) is 3.22. The van der Waals surface area contributed by atoms with Crippen LogP contribution in [0.5, 0.6) is 0 Å². The van der Waals surface area contributed by atoms with E-state index in [1.165, 1.54) is 12.3 Å². The number of amides is 1. The summed E-state index contributed by atoms with van der Waals surface area (Å²) >= 11 is 0. The van der Waals surface area contributed by atoms with Gasteiger partial charge in [-0.2, -0.15) is 0 Å². The number of likely N-dealkylation sites (N-methyl/N-ethyl adjacent to an activating group) is 1. The fraction of sp³-hybridized carbons (Fsp3) is 0.421. The summed E-state index contributed by atoms with van der Waals surface area (Å²) in [4.78, 5) is 41.9. The lowest BCUT2D eigenvalue weighted by Crippen LogP contribution is -2.46. The molecule has 1 fully saturated rings. The van der Waals surface area contributed by atoms with Crippen LogP contribution >= 0.6 is 0 Å². The topological polar surface area (TPSA) is 90.4 Å². The Labute approximate surface area is 157 Å². The monoisotopic (exact) mass is 371 g/mol. The van der Waals surface area contributed by atoms with Crippen molar-refractivity contribution in [1.82, 2.24) is 14.5 Å². The molecule has 0 aliphatic carbocycles. The summed E-state index contributed by atoms with van der Waals surface area (Å²) < 4.78 is 1.16. The number of H-pyrrole nitrogens is 1. The highest BCUT2D eigenvalue weighted by Gasteiger charge is 2.16. The first-order valence-electron chi connectivity index (χ1n) is 9.14. The van der Waals surface area contributed by atoms with Crippen LogP contribution in [0.4, 0.5) is 11.4 Å². The Morgan fingerprint density at radius 2 is 1.89 bits per heavy atom. The van der Waals surface area contributed by atoms with Gasteiger partial charge in [-0.3, -0.25) is 19.1 Å². The van der Waals surface area contributed by atoms with Gasteiger partial charge in [0.2, 0.25) is 5.91 Å². The van der Waals surface area contributed by atoms with Crippen molar-refractivity contribution in [3.8, 4) is 0 Å². The van der Waals surface area contributed by atoms with Gasteiger partial charge in [-0.05, 0) is 37.2 Å². The second-order valence-electron chi connectivity index (χ2n) is 6.71. The summed E-state index contributed by atoms with van der Waals surface area (Å²) in [6.07, 6.45) is 1.31. The third-order valence-corrected chi connectivity index (χ3v) is 4.88. The van der Waals surface area contributed by atoms with Gasteiger partial charge in [-0.1, -0.05) is 6.92 Å². The number of aryl methyl sites for hydroxylation is 1. The first-order valence-corrected chi connectivity index (χ1v) is 9.14. The minimum atomic E-state index is -0.601. The molecule has 2 heterocycles. The Kier molecular flexibility index (Phi) is 5.75. The zero-order chi connectivity index (χ0) is 19.4. The van der Waals surface area contributed by atoms with E-state index in [9.17, 15) is 14.4 Å². The maximum absolute atomic E-state index is 12.2. The van der Waals surface area contributed by atoms with E-state index in [2.05, 4.69) is 33.1 Å². The van der Waals surface area contributed by atoms with Gasteiger partial charge in [0.25, 0.3) is 5.56 Å². The van der Waals surface area contributed by atoms with Crippen molar-refractivity contribution in [1.29, 1.82) is 0 Å². The molecule has 8 heteroatoms. The molecule has 144 valence electrons. The van der Waals surface area contributed by atoms with Crippen LogP contribution in [-0.4, -0.2) is 53.1 Å². The number of hydrogen-bond acceptors (Lipinski definition) is 5. The summed E-state index contributed by atoms with van der Waals surface area (Å²) in [5.41, 5.74) is 1.75. The van der Waals surface area contributed by atoms with Crippen molar-refractivity contribution in [2.75, 3.05) is 42.9 Å². The zero-order valence-electron chi connectivity index (χ0n) is 15.7. The third-order valence-electron chi connectivity index (χ3n) is 4.88. The van der Waals surface area contributed by atoms with Crippen LogP contribution in [0.25, 0.3) is 0 Å². The number of carbonyl (C=O) groups excluding carboxylic acids is 1. The molecule has 0 unspecified atom stereocenters. The van der Waals surface area contributed by atoms with Gasteiger partial charge >= 0.3 is 5.69 Å². The van der Waals surface area contributed by atoms with E-state index in [4.69, 9.17) is 0 Å². The molecular formula is C19H25N5O3. The SMILES string of the molecule is CCN1CCN(c2ccc(NC(=O)Cn3ccc(=O)[nH]c3=O)c(C)c2)CC1. The number of hydrogen-bond donors (Lipinski definition) is 2. The third kappa shape index (κ3) is 4.65. The molecule has 1 aliphatic rings. The summed E-state index contributed by atoms with van der Waals surface area (Å²) in [5.74, 6) is -0.323. The van der Waals surface area contributed by atoms with Crippen molar-refractivity contribution in [2.45, 2.75) is 20.4 Å². The summed E-state index contributed by atoms with van der Waals surface area (Å²) in [7, 11) is 0. The molecule has 2 aromatic rings. The molecule has 0 radical (unpaired) electrons. The van der Waals surface area contributed by atoms with Gasteiger partial charge in [0.15, 0.2) is 0 Å². The van der Waals surface area contributed by atoms with Crippen molar-refractivity contribution in [3.63, 3.8) is 0 Å². The lowest BCUT2D eigenvalue weighted by atomic mass is 10.1. The van der Waals surface area contributed by atoms with Crippen LogP contribution in [-0.2, 0) is 11.3 Å². The maximum atomic E-state index is 12.2. The van der Waals surface area contributed by atoms with Gasteiger partial charge in [-0.25, -0.2) is 4.79 Å². The Bertz CT molecular complexity index is 925. The Balaban J connectivity index is 1.64. The van der Waals surface area contributed by atoms with Gasteiger partial charge < -0.3 is 15.1 Å². The maximum Gasteiger partial charge on any atom is 0.328 e. The first kappa shape index (κ1) is 18.9. The molecule has 1 aromatic heterocycles. The van der Waals surface area contributed by atoms with Crippen LogP contribution in [0.3, 0.4) is 0 Å².